The topological polar surface area (TPSA) is 55.2 Å². The van der Waals surface area contributed by atoms with Gasteiger partial charge >= 0.3 is 6.18 Å². The molecule has 1 saturated heterocycles. The average Bonchev–Trinajstić information content (AvgIpc) is 2.44. The van der Waals surface area contributed by atoms with Crippen LogP contribution in [-0.2, 0) is 6.18 Å². The molecule has 1 aliphatic heterocycles. The zero-order chi connectivity index (χ0) is 15.5. The maximum absolute atomic E-state index is 13.0. The minimum absolute atomic E-state index is 0.0420. The van der Waals surface area contributed by atoms with Crippen molar-refractivity contribution in [3.8, 4) is 0 Å². The van der Waals surface area contributed by atoms with E-state index in [-0.39, 0.29) is 11.6 Å². The summed E-state index contributed by atoms with van der Waals surface area (Å²) < 4.78 is 39.0. The van der Waals surface area contributed by atoms with E-state index in [2.05, 4.69) is 5.32 Å². The molecule has 0 spiro atoms. The highest BCUT2D eigenvalue weighted by Crippen LogP contribution is 2.36. The standard InChI is InChI=1S/C14H15F3N2O2/c15-14(16,17)12-5-3-6-13(19(20)21)11(12)8-7-10-4-1-2-9-18-10/h3,5-8,10,18H,1-2,4,9H2. The Kier molecular flexibility index (Phi) is 4.62. The van der Waals surface area contributed by atoms with Crippen LogP contribution in [0.2, 0.25) is 0 Å². The van der Waals surface area contributed by atoms with Gasteiger partial charge < -0.3 is 5.32 Å². The van der Waals surface area contributed by atoms with Crippen LogP contribution in [-0.4, -0.2) is 17.5 Å². The van der Waals surface area contributed by atoms with E-state index in [0.29, 0.717) is 0 Å². The van der Waals surface area contributed by atoms with Crippen molar-refractivity contribution < 1.29 is 18.1 Å². The summed E-state index contributed by atoms with van der Waals surface area (Å²) in [5.41, 5.74) is -1.90. The van der Waals surface area contributed by atoms with Gasteiger partial charge in [0.2, 0.25) is 0 Å². The van der Waals surface area contributed by atoms with Gasteiger partial charge in [0.15, 0.2) is 0 Å². The summed E-state index contributed by atoms with van der Waals surface area (Å²) >= 11 is 0. The number of nitro benzene ring substituents is 1. The third-order valence-corrected chi connectivity index (χ3v) is 3.43. The quantitative estimate of drug-likeness (QED) is 0.683. The van der Waals surface area contributed by atoms with Gasteiger partial charge in [-0.2, -0.15) is 13.2 Å². The summed E-state index contributed by atoms with van der Waals surface area (Å²) in [5, 5.41) is 14.1. The summed E-state index contributed by atoms with van der Waals surface area (Å²) in [4.78, 5) is 10.2. The molecule has 0 radical (unpaired) electrons. The Labute approximate surface area is 119 Å². The van der Waals surface area contributed by atoms with Crippen LogP contribution in [0.15, 0.2) is 24.3 Å². The molecule has 4 nitrogen and oxygen atoms in total. The third-order valence-electron chi connectivity index (χ3n) is 3.43. The summed E-state index contributed by atoms with van der Waals surface area (Å²) in [5.74, 6) is 0. The molecule has 1 N–H and O–H groups in total. The monoisotopic (exact) mass is 300 g/mol. The number of nitrogens with one attached hydrogen (secondary N) is 1. The first-order valence-electron chi connectivity index (χ1n) is 6.66. The Morgan fingerprint density at radius 1 is 1.33 bits per heavy atom. The summed E-state index contributed by atoms with van der Waals surface area (Å²) in [6.45, 7) is 0.804. The SMILES string of the molecule is O=[N+]([O-])c1cccc(C(F)(F)F)c1C=CC1CCCCN1. The highest BCUT2D eigenvalue weighted by Gasteiger charge is 2.35. The van der Waals surface area contributed by atoms with Gasteiger partial charge in [-0.25, -0.2) is 0 Å². The zero-order valence-electron chi connectivity index (χ0n) is 11.2. The first kappa shape index (κ1) is 15.5. The third kappa shape index (κ3) is 3.81. The summed E-state index contributed by atoms with van der Waals surface area (Å²) in [6, 6.07) is 2.96. The van der Waals surface area contributed by atoms with Gasteiger partial charge in [-0.1, -0.05) is 18.6 Å². The van der Waals surface area contributed by atoms with Crippen molar-refractivity contribution in [1.29, 1.82) is 0 Å². The number of hydrogen-bond acceptors (Lipinski definition) is 3. The molecule has 1 unspecified atom stereocenters. The molecular weight excluding hydrogens is 285 g/mol. The predicted octanol–water partition coefficient (Wildman–Crippen LogP) is 3.77. The molecule has 1 fully saturated rings. The van der Waals surface area contributed by atoms with Gasteiger partial charge in [-0.15, -0.1) is 0 Å². The Hall–Kier alpha value is -1.89. The van der Waals surface area contributed by atoms with E-state index >= 15 is 0 Å². The Bertz CT molecular complexity index is 550. The first-order valence-corrected chi connectivity index (χ1v) is 6.66. The van der Waals surface area contributed by atoms with Crippen molar-refractivity contribution in [2.45, 2.75) is 31.5 Å². The van der Waals surface area contributed by atoms with Crippen LogP contribution < -0.4 is 5.32 Å². The van der Waals surface area contributed by atoms with Gasteiger partial charge in [0.1, 0.15) is 0 Å². The number of benzene rings is 1. The lowest BCUT2D eigenvalue weighted by Gasteiger charge is -2.20. The highest BCUT2D eigenvalue weighted by atomic mass is 19.4. The molecular formula is C14H15F3N2O2. The lowest BCUT2D eigenvalue weighted by atomic mass is 10.0. The Balaban J connectivity index is 2.39. The van der Waals surface area contributed by atoms with Gasteiger partial charge in [-0.3, -0.25) is 10.1 Å². The largest absolute Gasteiger partial charge is 0.417 e. The molecule has 1 heterocycles. The van der Waals surface area contributed by atoms with Crippen LogP contribution in [0.25, 0.3) is 6.08 Å². The molecule has 0 aromatic heterocycles. The average molecular weight is 300 g/mol. The fraction of sp³-hybridized carbons (Fsp3) is 0.429. The number of piperidine rings is 1. The number of halogens is 3. The van der Waals surface area contributed by atoms with Crippen LogP contribution in [0.4, 0.5) is 18.9 Å². The van der Waals surface area contributed by atoms with Crippen LogP contribution in [0.5, 0.6) is 0 Å². The van der Waals surface area contributed by atoms with Gasteiger partial charge in [0, 0.05) is 12.1 Å². The second kappa shape index (κ2) is 6.26. The molecule has 0 aliphatic carbocycles. The van der Waals surface area contributed by atoms with E-state index in [9.17, 15) is 23.3 Å². The van der Waals surface area contributed by atoms with Crippen molar-refractivity contribution in [3.63, 3.8) is 0 Å². The molecule has 0 bridgehead atoms. The molecule has 21 heavy (non-hydrogen) atoms. The number of nitrogens with zero attached hydrogens (tertiary/aromatic N) is 1. The smallest absolute Gasteiger partial charge is 0.311 e. The fourth-order valence-corrected chi connectivity index (χ4v) is 2.39. The number of alkyl halides is 3. The van der Waals surface area contributed by atoms with E-state index in [1.165, 1.54) is 6.08 Å². The lowest BCUT2D eigenvalue weighted by Crippen LogP contribution is -2.32. The second-order valence-corrected chi connectivity index (χ2v) is 4.91. The molecule has 1 aliphatic rings. The van der Waals surface area contributed by atoms with Crippen molar-refractivity contribution in [2.24, 2.45) is 0 Å². The molecule has 1 aromatic carbocycles. The minimum Gasteiger partial charge on any atom is -0.311 e. The van der Waals surface area contributed by atoms with Crippen LogP contribution in [0, 0.1) is 10.1 Å². The first-order chi connectivity index (χ1) is 9.89. The number of nitro groups is 1. The fourth-order valence-electron chi connectivity index (χ4n) is 2.39. The van der Waals surface area contributed by atoms with Crippen molar-refractivity contribution >= 4 is 11.8 Å². The van der Waals surface area contributed by atoms with Gasteiger partial charge in [-0.05, 0) is 31.5 Å². The Morgan fingerprint density at radius 2 is 2.10 bits per heavy atom. The maximum Gasteiger partial charge on any atom is 0.417 e. The lowest BCUT2D eigenvalue weighted by molar-refractivity contribution is -0.385. The maximum atomic E-state index is 13.0. The predicted molar refractivity (Wildman–Crippen MR) is 72.8 cm³/mol. The normalized spacial score (nSPS) is 19.9. The molecule has 1 aromatic rings. The Morgan fingerprint density at radius 3 is 2.67 bits per heavy atom. The van der Waals surface area contributed by atoms with E-state index in [1.807, 2.05) is 0 Å². The van der Waals surface area contributed by atoms with Gasteiger partial charge in [0.05, 0.1) is 16.1 Å². The van der Waals surface area contributed by atoms with E-state index in [4.69, 9.17) is 0 Å². The van der Waals surface area contributed by atoms with E-state index in [0.717, 1.165) is 44.0 Å². The summed E-state index contributed by atoms with van der Waals surface area (Å²) in [7, 11) is 0. The van der Waals surface area contributed by atoms with E-state index in [1.54, 1.807) is 6.08 Å². The summed E-state index contributed by atoms with van der Waals surface area (Å²) in [6.07, 6.45) is 1.01. The van der Waals surface area contributed by atoms with Crippen molar-refractivity contribution in [2.75, 3.05) is 6.54 Å². The molecule has 7 heteroatoms. The number of hydrogen-bond donors (Lipinski definition) is 1. The van der Waals surface area contributed by atoms with Crippen LogP contribution >= 0.6 is 0 Å². The highest BCUT2D eigenvalue weighted by molar-refractivity contribution is 5.65. The van der Waals surface area contributed by atoms with Crippen molar-refractivity contribution in [3.05, 3.63) is 45.5 Å². The molecule has 2 rings (SSSR count). The van der Waals surface area contributed by atoms with Crippen molar-refractivity contribution in [1.82, 2.24) is 5.32 Å². The zero-order valence-corrected chi connectivity index (χ0v) is 11.2. The molecule has 114 valence electrons. The van der Waals surface area contributed by atoms with E-state index < -0.39 is 22.4 Å². The minimum atomic E-state index is -4.62. The molecule has 1 atom stereocenters. The number of rotatable bonds is 3. The molecule has 0 amide bonds. The van der Waals surface area contributed by atoms with Crippen LogP contribution in [0.3, 0.4) is 0 Å². The molecule has 0 saturated carbocycles. The second-order valence-electron chi connectivity index (χ2n) is 4.91. The van der Waals surface area contributed by atoms with Gasteiger partial charge in [0.25, 0.3) is 5.69 Å². The van der Waals surface area contributed by atoms with Crippen LogP contribution in [0.1, 0.15) is 30.4 Å².